The molecule has 1 saturated heterocycles. The lowest BCUT2D eigenvalue weighted by atomic mass is 9.90. The van der Waals surface area contributed by atoms with Gasteiger partial charge in [0.2, 0.25) is 59.1 Å². The highest BCUT2D eigenvalue weighted by Crippen LogP contribution is 2.27. The predicted molar refractivity (Wildman–Crippen MR) is 386 cm³/mol. The van der Waals surface area contributed by atoms with E-state index in [0.717, 1.165) is 52.4 Å². The summed E-state index contributed by atoms with van der Waals surface area (Å²) in [5.74, 6) is -10.3. The van der Waals surface area contributed by atoms with Gasteiger partial charge in [-0.05, 0) is 113 Å². The lowest BCUT2D eigenvalue weighted by Crippen LogP contribution is -2.63. The number of likely N-dealkylation sites (N-methyl/N-ethyl adjacent to an activating group) is 7. The van der Waals surface area contributed by atoms with Gasteiger partial charge >= 0.3 is 0 Å². The number of aryl methyl sites for hydroxylation is 1. The summed E-state index contributed by atoms with van der Waals surface area (Å²) in [6.07, 6.45) is 4.57. The summed E-state index contributed by atoms with van der Waals surface area (Å²) in [5, 5.41) is 23.6. The first-order valence-electron chi connectivity index (χ1n) is 36.0. The van der Waals surface area contributed by atoms with Crippen molar-refractivity contribution in [2.24, 2.45) is 41.4 Å². The molecule has 0 saturated carbocycles. The monoisotopic (exact) mass is 1390 g/mol. The van der Waals surface area contributed by atoms with Crippen LogP contribution in [0.15, 0.2) is 36.5 Å². The smallest absolute Gasteiger partial charge is 0.270 e. The Hall–Kier alpha value is -7.24. The van der Waals surface area contributed by atoms with Crippen LogP contribution in [0, 0.1) is 48.3 Å². The van der Waals surface area contributed by atoms with Gasteiger partial charge in [0.25, 0.3) is 5.91 Å². The molecule has 24 nitrogen and oxygen atoms in total. The fourth-order valence-electron chi connectivity index (χ4n) is 12.8. The van der Waals surface area contributed by atoms with Crippen molar-refractivity contribution in [3.05, 3.63) is 47.7 Å². The van der Waals surface area contributed by atoms with Gasteiger partial charge < -0.3 is 60.7 Å². The first-order valence-corrected chi connectivity index (χ1v) is 36.0. The molecule has 0 bridgehead atoms. The van der Waals surface area contributed by atoms with Crippen molar-refractivity contribution in [3.8, 4) is 0 Å². The fraction of sp³-hybridized carbons (Fsp3) is 0.733. The van der Waals surface area contributed by atoms with Gasteiger partial charge in [0, 0.05) is 61.3 Å². The number of nitrogens with zero attached hydrogens (tertiary/aromatic N) is 7. The minimum Gasteiger partial charge on any atom is -0.390 e. The van der Waals surface area contributed by atoms with E-state index in [9.17, 15) is 43.5 Å². The molecule has 560 valence electrons. The van der Waals surface area contributed by atoms with Crippen molar-refractivity contribution in [1.82, 2.24) is 55.6 Å². The first kappa shape index (κ1) is 87.8. The maximum absolute atomic E-state index is 15.5. The van der Waals surface area contributed by atoms with Crippen LogP contribution in [0.4, 0.5) is 0 Å². The summed E-state index contributed by atoms with van der Waals surface area (Å²) in [4.78, 5) is 184. The third-order valence-corrected chi connectivity index (χ3v) is 19.1. The van der Waals surface area contributed by atoms with Crippen LogP contribution in [0.25, 0.3) is 0 Å². The number of benzene rings is 1. The van der Waals surface area contributed by atoms with Crippen molar-refractivity contribution < 1.29 is 62.6 Å². The van der Waals surface area contributed by atoms with E-state index in [0.29, 0.717) is 24.8 Å². The molecule has 0 aromatic heterocycles. The van der Waals surface area contributed by atoms with Crippen LogP contribution in [0.2, 0.25) is 0 Å². The number of nitrogens with one attached hydrogen (secondary N) is 4. The molecule has 24 heteroatoms. The van der Waals surface area contributed by atoms with E-state index >= 15 is 19.2 Å². The molecule has 2 rings (SSSR count). The molecule has 99 heavy (non-hydrogen) atoms. The SMILES string of the molecule is C=C1C(=O)N(C)[C@@H](CC(C)C)C(=O)N[C@@H](C(C)C)C(=O)N(C)[C@@H](CC(C)C)C(=O)N[C@@H](C)C(=O)N[C@H](C)C(=O)N(C)[C@@H](CC(C)C)C(=O)N(C)[C@@H](CC(C)C)C(=O)N(C)[C@@H](C(C)C)C(=O)N(C)[C@@H]([C@H](O)[C@H](C)CCCCCCCCC(=O)c2cccc(C)c2)C(=O)N[C@@H](CC)C(=O)N1C. The van der Waals surface area contributed by atoms with Crippen LogP contribution in [-0.4, -0.2) is 226 Å². The number of unbranched alkanes of at least 4 members (excludes halogenated alkanes) is 5. The molecule has 1 aromatic carbocycles. The number of aliphatic hydroxyl groups is 1. The Balaban J connectivity index is 2.90. The Bertz CT molecular complexity index is 2930. The second-order valence-corrected chi connectivity index (χ2v) is 30.3. The number of amides is 11. The third kappa shape index (κ3) is 25.4. The Morgan fingerprint density at radius 2 is 0.929 bits per heavy atom. The van der Waals surface area contributed by atoms with Gasteiger partial charge in [-0.2, -0.15) is 0 Å². The van der Waals surface area contributed by atoms with Crippen molar-refractivity contribution in [2.75, 3.05) is 49.3 Å². The molecule has 11 amide bonds. The summed E-state index contributed by atoms with van der Waals surface area (Å²) in [5.41, 5.74) is 1.36. The molecule has 1 aliphatic heterocycles. The zero-order valence-corrected chi connectivity index (χ0v) is 64.6. The van der Waals surface area contributed by atoms with Crippen LogP contribution in [-0.2, 0) is 52.7 Å². The van der Waals surface area contributed by atoms with Crippen LogP contribution >= 0.6 is 0 Å². The largest absolute Gasteiger partial charge is 0.390 e. The van der Waals surface area contributed by atoms with Crippen LogP contribution in [0.3, 0.4) is 0 Å². The van der Waals surface area contributed by atoms with Gasteiger partial charge in [-0.15, -0.1) is 0 Å². The normalized spacial score (nSPS) is 24.7. The topological polar surface area (TPSA) is 296 Å². The number of rotatable bonds is 23. The van der Waals surface area contributed by atoms with Crippen molar-refractivity contribution in [2.45, 2.75) is 268 Å². The Labute approximate surface area is 592 Å². The van der Waals surface area contributed by atoms with Crippen LogP contribution in [0.5, 0.6) is 0 Å². The number of Topliss-reactive ketones (excluding diaryl/α,β-unsaturated/α-hetero) is 1. The van der Waals surface area contributed by atoms with Gasteiger partial charge in [0.15, 0.2) is 5.78 Å². The maximum atomic E-state index is 15.5. The lowest BCUT2D eigenvalue weighted by molar-refractivity contribution is -0.157. The van der Waals surface area contributed by atoms with Crippen molar-refractivity contribution >= 4 is 70.8 Å². The van der Waals surface area contributed by atoms with Crippen molar-refractivity contribution in [3.63, 3.8) is 0 Å². The second-order valence-electron chi connectivity index (χ2n) is 30.3. The molecule has 0 aliphatic carbocycles. The van der Waals surface area contributed by atoms with E-state index in [1.807, 2.05) is 86.6 Å². The molecular formula is C75H127N11O13. The average Bonchev–Trinajstić information content (AvgIpc) is 0.805. The first-order chi connectivity index (χ1) is 46.0. The molecule has 1 heterocycles. The average molecular weight is 1390 g/mol. The molecule has 0 spiro atoms. The van der Waals surface area contributed by atoms with E-state index in [1.54, 1.807) is 41.5 Å². The highest BCUT2D eigenvalue weighted by molar-refractivity contribution is 6.03. The molecule has 1 fully saturated rings. The Kier molecular flexibility index (Phi) is 36.3. The van der Waals surface area contributed by atoms with Crippen LogP contribution < -0.4 is 21.3 Å². The van der Waals surface area contributed by atoms with Gasteiger partial charge in [-0.1, -0.05) is 159 Å². The number of aliphatic hydroxyl groups excluding tert-OH is 1. The van der Waals surface area contributed by atoms with Gasteiger partial charge in [-0.3, -0.25) is 57.5 Å². The molecular weight excluding hydrogens is 1260 g/mol. The minimum atomic E-state index is -1.66. The van der Waals surface area contributed by atoms with E-state index in [4.69, 9.17) is 0 Å². The van der Waals surface area contributed by atoms with E-state index in [1.165, 1.54) is 82.8 Å². The zero-order chi connectivity index (χ0) is 75.9. The molecule has 12 atom stereocenters. The summed E-state index contributed by atoms with van der Waals surface area (Å²) >= 11 is 0. The fourth-order valence-corrected chi connectivity index (χ4v) is 12.8. The Morgan fingerprint density at radius 3 is 1.42 bits per heavy atom. The molecule has 1 aliphatic rings. The minimum absolute atomic E-state index is 0.0378. The van der Waals surface area contributed by atoms with E-state index in [-0.39, 0.29) is 67.3 Å². The maximum Gasteiger partial charge on any atom is 0.270 e. The number of carbonyl (C=O) groups excluding carboxylic acids is 12. The number of hydrogen-bond donors (Lipinski definition) is 5. The van der Waals surface area contributed by atoms with Crippen molar-refractivity contribution in [1.29, 1.82) is 0 Å². The summed E-state index contributed by atoms with van der Waals surface area (Å²) in [6.45, 7) is 34.0. The predicted octanol–water partition coefficient (Wildman–Crippen LogP) is 7.13. The molecule has 0 radical (unpaired) electrons. The summed E-state index contributed by atoms with van der Waals surface area (Å²) in [6, 6.07) is -5.20. The van der Waals surface area contributed by atoms with E-state index < -0.39 is 149 Å². The standard InChI is InChI=1S/C75H127N11O13/c1-26-55-71(95)80(19)53(18)70(94)81(20)57(39-44(4)5)67(91)79-61(47(10)11)74(98)82(21)56(38-43(2)3)66(90)76-51(16)65(89)77-52(17)69(93)83(22)58(40-45(6)7)72(96)84(23)59(41-46(8)9)73(97)85(24)62(48(12)13)75(99)86(25)63(68(92)78-55)64(88)50(15)35-31-29-27-28-30-32-37-60(87)54-36-33-34-49(14)42-54/h33-34,36,42-48,50-52,55-59,61-64,88H,18,26-32,35,37-41H2,1-17,19-25H3,(H,76,90)(H,77,89)(H,78,92)(H,79,91)/t50-,51+,52-,55+,56+,57+,58+,59+,61+,62+,63+,64-/m1/s1. The Morgan fingerprint density at radius 1 is 0.485 bits per heavy atom. The van der Waals surface area contributed by atoms with E-state index in [2.05, 4.69) is 27.8 Å². The molecule has 1 aromatic rings. The molecule has 0 unspecified atom stereocenters. The van der Waals surface area contributed by atoms with Gasteiger partial charge in [0.1, 0.15) is 66.1 Å². The summed E-state index contributed by atoms with van der Waals surface area (Å²) in [7, 11) is 9.80. The number of hydrogen-bond acceptors (Lipinski definition) is 13. The van der Waals surface area contributed by atoms with Gasteiger partial charge in [0.05, 0.1) is 6.10 Å². The van der Waals surface area contributed by atoms with Gasteiger partial charge in [-0.25, -0.2) is 0 Å². The number of ketones is 1. The third-order valence-electron chi connectivity index (χ3n) is 19.1. The van der Waals surface area contributed by atoms with Crippen LogP contribution in [0.1, 0.15) is 210 Å². The molecule has 5 N–H and O–H groups in total. The lowest BCUT2D eigenvalue weighted by Gasteiger charge is -2.41. The highest BCUT2D eigenvalue weighted by atomic mass is 16.3. The summed E-state index contributed by atoms with van der Waals surface area (Å²) < 4.78 is 0. The highest BCUT2D eigenvalue weighted by Gasteiger charge is 2.46. The second kappa shape index (κ2) is 40.9. The zero-order valence-electron chi connectivity index (χ0n) is 64.6. The number of carbonyl (C=O) groups is 12. The quantitative estimate of drug-likeness (QED) is 0.0414.